The summed E-state index contributed by atoms with van der Waals surface area (Å²) in [6, 6.07) is 5.75. The molecule has 0 fully saturated rings. The van der Waals surface area contributed by atoms with E-state index in [4.69, 9.17) is 0 Å². The average molecular weight is 297 g/mol. The fourth-order valence-electron chi connectivity index (χ4n) is 2.11. The zero-order chi connectivity index (χ0) is 15.8. The maximum Gasteiger partial charge on any atom is 0.453 e. The summed E-state index contributed by atoms with van der Waals surface area (Å²) >= 11 is 0. The van der Waals surface area contributed by atoms with E-state index in [0.717, 1.165) is 17.5 Å². The summed E-state index contributed by atoms with van der Waals surface area (Å²) in [4.78, 5) is 3.35. The number of rotatable bonds is 3. The molecule has 1 aromatic carbocycles. The molecule has 1 aromatic heterocycles. The highest BCUT2D eigenvalue weighted by molar-refractivity contribution is 5.45. The SMILES string of the molecule is CC(C)c1ccc(-n2cnc(C(F)(F)F)n2)c(C(C)C)c1. The Bertz CT molecular complexity index is 627. The minimum absolute atomic E-state index is 0.178. The van der Waals surface area contributed by atoms with Crippen LogP contribution in [0.1, 0.15) is 56.5 Å². The van der Waals surface area contributed by atoms with Crippen LogP contribution in [0, 0.1) is 0 Å². The van der Waals surface area contributed by atoms with Gasteiger partial charge in [0.25, 0.3) is 5.82 Å². The summed E-state index contributed by atoms with van der Waals surface area (Å²) in [7, 11) is 0. The predicted molar refractivity (Wildman–Crippen MR) is 74.5 cm³/mol. The van der Waals surface area contributed by atoms with Crippen molar-refractivity contribution in [3.63, 3.8) is 0 Å². The van der Waals surface area contributed by atoms with Crippen molar-refractivity contribution in [1.29, 1.82) is 0 Å². The third kappa shape index (κ3) is 3.25. The third-order valence-electron chi connectivity index (χ3n) is 3.33. The van der Waals surface area contributed by atoms with E-state index in [2.05, 4.69) is 23.9 Å². The van der Waals surface area contributed by atoms with Crippen molar-refractivity contribution in [3.05, 3.63) is 41.5 Å². The number of halogens is 3. The van der Waals surface area contributed by atoms with E-state index >= 15 is 0 Å². The standard InChI is InChI=1S/C15H18F3N3/c1-9(2)11-5-6-13(12(7-11)10(3)4)21-8-19-14(20-21)15(16,17)18/h5-10H,1-4H3. The number of hydrogen-bond donors (Lipinski definition) is 0. The summed E-state index contributed by atoms with van der Waals surface area (Å²) in [5.41, 5.74) is 2.75. The monoisotopic (exact) mass is 297 g/mol. The molecule has 114 valence electrons. The Balaban J connectivity index is 2.50. The van der Waals surface area contributed by atoms with Crippen LogP contribution in [-0.4, -0.2) is 14.8 Å². The molecule has 0 atom stereocenters. The van der Waals surface area contributed by atoms with Gasteiger partial charge in [0, 0.05) is 0 Å². The van der Waals surface area contributed by atoms with Crippen LogP contribution in [0.5, 0.6) is 0 Å². The Kier molecular flexibility index (Phi) is 4.07. The van der Waals surface area contributed by atoms with E-state index in [-0.39, 0.29) is 5.92 Å². The molecular weight excluding hydrogens is 279 g/mol. The highest BCUT2D eigenvalue weighted by atomic mass is 19.4. The van der Waals surface area contributed by atoms with Gasteiger partial charge in [0.1, 0.15) is 6.33 Å². The molecule has 0 radical (unpaired) electrons. The van der Waals surface area contributed by atoms with Crippen LogP contribution in [0.25, 0.3) is 5.69 Å². The van der Waals surface area contributed by atoms with Gasteiger partial charge in [-0.2, -0.15) is 13.2 Å². The van der Waals surface area contributed by atoms with Crippen molar-refractivity contribution in [2.75, 3.05) is 0 Å². The Labute approximate surface area is 121 Å². The second-order valence-corrected chi connectivity index (χ2v) is 5.64. The molecule has 21 heavy (non-hydrogen) atoms. The molecule has 0 saturated carbocycles. The van der Waals surface area contributed by atoms with Gasteiger partial charge < -0.3 is 0 Å². The van der Waals surface area contributed by atoms with E-state index in [1.165, 1.54) is 4.68 Å². The van der Waals surface area contributed by atoms with Gasteiger partial charge in [-0.1, -0.05) is 39.8 Å². The molecule has 6 heteroatoms. The Morgan fingerprint density at radius 2 is 1.71 bits per heavy atom. The van der Waals surface area contributed by atoms with Crippen LogP contribution < -0.4 is 0 Å². The molecule has 3 nitrogen and oxygen atoms in total. The molecule has 1 heterocycles. The first-order chi connectivity index (χ1) is 9.70. The molecule has 0 bridgehead atoms. The van der Waals surface area contributed by atoms with E-state index in [1.54, 1.807) is 6.07 Å². The lowest BCUT2D eigenvalue weighted by atomic mass is 9.94. The first kappa shape index (κ1) is 15.5. The second-order valence-electron chi connectivity index (χ2n) is 5.64. The van der Waals surface area contributed by atoms with Gasteiger partial charge >= 0.3 is 6.18 Å². The zero-order valence-corrected chi connectivity index (χ0v) is 12.4. The van der Waals surface area contributed by atoms with Gasteiger partial charge in [0.05, 0.1) is 5.69 Å². The fourth-order valence-corrected chi connectivity index (χ4v) is 2.11. The second kappa shape index (κ2) is 5.50. The number of alkyl halides is 3. The molecule has 0 amide bonds. The van der Waals surface area contributed by atoms with Crippen LogP contribution in [0.3, 0.4) is 0 Å². The van der Waals surface area contributed by atoms with Crippen LogP contribution >= 0.6 is 0 Å². The van der Waals surface area contributed by atoms with Crippen molar-refractivity contribution in [2.24, 2.45) is 0 Å². The Hall–Kier alpha value is -1.85. The zero-order valence-electron chi connectivity index (χ0n) is 12.4. The predicted octanol–water partition coefficient (Wildman–Crippen LogP) is 4.53. The highest BCUT2D eigenvalue weighted by Gasteiger charge is 2.36. The maximum atomic E-state index is 12.6. The van der Waals surface area contributed by atoms with Gasteiger partial charge in [-0.3, -0.25) is 0 Å². The summed E-state index contributed by atoms with van der Waals surface area (Å²) < 4.78 is 39.0. The molecule has 0 saturated heterocycles. The lowest BCUT2D eigenvalue weighted by molar-refractivity contribution is -0.144. The smallest absolute Gasteiger partial charge is 0.220 e. The van der Waals surface area contributed by atoms with Crippen molar-refractivity contribution in [3.8, 4) is 5.69 Å². The van der Waals surface area contributed by atoms with Crippen LogP contribution in [-0.2, 0) is 6.18 Å². The maximum absolute atomic E-state index is 12.6. The van der Waals surface area contributed by atoms with E-state index < -0.39 is 12.0 Å². The molecule has 0 spiro atoms. The van der Waals surface area contributed by atoms with Crippen molar-refractivity contribution in [1.82, 2.24) is 14.8 Å². The van der Waals surface area contributed by atoms with E-state index in [0.29, 0.717) is 11.6 Å². The highest BCUT2D eigenvalue weighted by Crippen LogP contribution is 2.29. The minimum atomic E-state index is -4.53. The Morgan fingerprint density at radius 3 is 2.19 bits per heavy atom. The molecule has 2 rings (SSSR count). The number of hydrogen-bond acceptors (Lipinski definition) is 2. The van der Waals surface area contributed by atoms with Crippen molar-refractivity contribution >= 4 is 0 Å². The first-order valence-corrected chi connectivity index (χ1v) is 6.83. The Morgan fingerprint density at radius 1 is 1.05 bits per heavy atom. The summed E-state index contributed by atoms with van der Waals surface area (Å²) in [6.45, 7) is 8.17. The largest absolute Gasteiger partial charge is 0.453 e. The average Bonchev–Trinajstić information content (AvgIpc) is 2.87. The molecule has 0 N–H and O–H groups in total. The van der Waals surface area contributed by atoms with Gasteiger partial charge in [0.15, 0.2) is 0 Å². The molecular formula is C15H18F3N3. The third-order valence-corrected chi connectivity index (χ3v) is 3.33. The van der Waals surface area contributed by atoms with Gasteiger partial charge in [-0.05, 0) is 29.0 Å². The molecule has 2 aromatic rings. The van der Waals surface area contributed by atoms with Gasteiger partial charge in [0.2, 0.25) is 0 Å². The fraction of sp³-hybridized carbons (Fsp3) is 0.467. The lowest BCUT2D eigenvalue weighted by Gasteiger charge is -2.16. The number of nitrogens with zero attached hydrogens (tertiary/aromatic N) is 3. The summed E-state index contributed by atoms with van der Waals surface area (Å²) in [5, 5.41) is 3.55. The molecule has 0 aliphatic heterocycles. The molecule has 0 unspecified atom stereocenters. The summed E-state index contributed by atoms with van der Waals surface area (Å²) in [5.74, 6) is -0.583. The quantitative estimate of drug-likeness (QED) is 0.833. The minimum Gasteiger partial charge on any atom is -0.220 e. The summed E-state index contributed by atoms with van der Waals surface area (Å²) in [6.07, 6.45) is -3.42. The van der Waals surface area contributed by atoms with E-state index in [1.807, 2.05) is 26.0 Å². The van der Waals surface area contributed by atoms with Crippen molar-refractivity contribution in [2.45, 2.75) is 45.7 Å². The van der Waals surface area contributed by atoms with E-state index in [9.17, 15) is 13.2 Å². The number of aromatic nitrogens is 3. The molecule has 0 aliphatic carbocycles. The van der Waals surface area contributed by atoms with Crippen LogP contribution in [0.2, 0.25) is 0 Å². The normalized spacial score (nSPS) is 12.4. The van der Waals surface area contributed by atoms with Gasteiger partial charge in [-0.25, -0.2) is 9.67 Å². The van der Waals surface area contributed by atoms with Gasteiger partial charge in [-0.15, -0.1) is 5.10 Å². The first-order valence-electron chi connectivity index (χ1n) is 6.83. The lowest BCUT2D eigenvalue weighted by Crippen LogP contribution is -2.09. The van der Waals surface area contributed by atoms with Crippen LogP contribution in [0.4, 0.5) is 13.2 Å². The van der Waals surface area contributed by atoms with Crippen molar-refractivity contribution < 1.29 is 13.2 Å². The topological polar surface area (TPSA) is 30.7 Å². The number of benzene rings is 1. The van der Waals surface area contributed by atoms with Crippen LogP contribution in [0.15, 0.2) is 24.5 Å². The molecule has 0 aliphatic rings.